The Morgan fingerprint density at radius 2 is 1.55 bits per heavy atom. The van der Waals surface area contributed by atoms with E-state index in [9.17, 15) is 40.5 Å². The molecule has 0 aromatic heterocycles. The molecule has 1 aliphatic rings. The highest BCUT2D eigenvalue weighted by atomic mass is 16.7. The SMILES string of the molecule is O=C(CCc1ccc(O[C@@H]2O[C@H](CO)[C@@H](O)[C@H](O)[C@H]2O)cc1)c1c(O)cc(O)cc1O. The number of Topliss-reactive ketones (excluding diaryl/α,β-unsaturated/α-hetero) is 1. The Morgan fingerprint density at radius 1 is 0.935 bits per heavy atom. The molecule has 0 aliphatic carbocycles. The first-order valence-corrected chi connectivity index (χ1v) is 9.55. The number of benzene rings is 2. The number of phenolic OH excluding ortho intramolecular Hbond substituents is 3. The van der Waals surface area contributed by atoms with Gasteiger partial charge in [0.05, 0.1) is 6.61 Å². The number of ether oxygens (including phenoxy) is 2. The van der Waals surface area contributed by atoms with E-state index in [-0.39, 0.29) is 23.5 Å². The van der Waals surface area contributed by atoms with Gasteiger partial charge in [-0.25, -0.2) is 0 Å². The molecule has 31 heavy (non-hydrogen) atoms. The van der Waals surface area contributed by atoms with Crippen LogP contribution in [-0.2, 0) is 11.2 Å². The van der Waals surface area contributed by atoms with Crippen LogP contribution in [0, 0.1) is 0 Å². The molecule has 0 bridgehead atoms. The normalized spacial score (nSPS) is 25.9. The van der Waals surface area contributed by atoms with Crippen LogP contribution in [0.15, 0.2) is 36.4 Å². The van der Waals surface area contributed by atoms with Crippen LogP contribution < -0.4 is 4.74 Å². The molecule has 1 fully saturated rings. The average Bonchev–Trinajstić information content (AvgIpc) is 2.73. The monoisotopic (exact) mass is 436 g/mol. The lowest BCUT2D eigenvalue weighted by Crippen LogP contribution is -2.60. The van der Waals surface area contributed by atoms with Gasteiger partial charge in [0.15, 0.2) is 5.78 Å². The summed E-state index contributed by atoms with van der Waals surface area (Å²) in [6.07, 6.45) is -6.66. The molecule has 1 heterocycles. The fourth-order valence-electron chi connectivity index (χ4n) is 3.30. The Morgan fingerprint density at radius 3 is 2.13 bits per heavy atom. The zero-order valence-corrected chi connectivity index (χ0v) is 16.3. The molecular weight excluding hydrogens is 412 g/mol. The van der Waals surface area contributed by atoms with E-state index >= 15 is 0 Å². The van der Waals surface area contributed by atoms with E-state index in [1.54, 1.807) is 24.3 Å². The van der Waals surface area contributed by atoms with Gasteiger partial charge >= 0.3 is 0 Å². The predicted octanol–water partition coefficient (Wildman–Crippen LogP) is -0.202. The molecule has 2 aromatic carbocycles. The molecule has 10 nitrogen and oxygen atoms in total. The van der Waals surface area contributed by atoms with E-state index in [1.807, 2.05) is 0 Å². The summed E-state index contributed by atoms with van der Waals surface area (Å²) in [7, 11) is 0. The van der Waals surface area contributed by atoms with E-state index in [0.717, 1.165) is 17.7 Å². The van der Waals surface area contributed by atoms with Crippen LogP contribution in [0.3, 0.4) is 0 Å². The highest BCUT2D eigenvalue weighted by molar-refractivity contribution is 6.01. The number of hydrogen-bond donors (Lipinski definition) is 7. The minimum absolute atomic E-state index is 0.0151. The number of aliphatic hydroxyl groups is 4. The predicted molar refractivity (Wildman–Crippen MR) is 105 cm³/mol. The highest BCUT2D eigenvalue weighted by Gasteiger charge is 2.44. The molecule has 0 radical (unpaired) electrons. The lowest BCUT2D eigenvalue weighted by atomic mass is 9.99. The third-order valence-corrected chi connectivity index (χ3v) is 5.03. The maximum absolute atomic E-state index is 12.3. The Balaban J connectivity index is 1.60. The van der Waals surface area contributed by atoms with Crippen molar-refractivity contribution in [1.29, 1.82) is 0 Å². The van der Waals surface area contributed by atoms with Gasteiger partial charge in [0.2, 0.25) is 6.29 Å². The number of ketones is 1. The highest BCUT2D eigenvalue weighted by Crippen LogP contribution is 2.33. The minimum Gasteiger partial charge on any atom is -0.508 e. The van der Waals surface area contributed by atoms with E-state index < -0.39 is 54.6 Å². The van der Waals surface area contributed by atoms with Gasteiger partial charge in [0, 0.05) is 18.6 Å². The van der Waals surface area contributed by atoms with Gasteiger partial charge in [-0.05, 0) is 24.1 Å². The van der Waals surface area contributed by atoms with Crippen molar-refractivity contribution in [2.45, 2.75) is 43.5 Å². The lowest BCUT2D eigenvalue weighted by molar-refractivity contribution is -0.277. The molecule has 0 saturated carbocycles. The first-order valence-electron chi connectivity index (χ1n) is 9.55. The van der Waals surface area contributed by atoms with Crippen molar-refractivity contribution in [1.82, 2.24) is 0 Å². The van der Waals surface area contributed by atoms with Crippen molar-refractivity contribution in [2.75, 3.05) is 6.61 Å². The second-order valence-electron chi connectivity index (χ2n) is 7.24. The summed E-state index contributed by atoms with van der Waals surface area (Å²) in [5.41, 5.74) is 0.479. The molecule has 168 valence electrons. The Hall–Kier alpha value is -2.89. The zero-order chi connectivity index (χ0) is 22.7. The summed E-state index contributed by atoms with van der Waals surface area (Å²) in [6, 6.07) is 8.36. The fourth-order valence-corrected chi connectivity index (χ4v) is 3.30. The summed E-state index contributed by atoms with van der Waals surface area (Å²) in [5, 5.41) is 67.7. The molecule has 3 rings (SSSR count). The molecule has 1 aliphatic heterocycles. The van der Waals surface area contributed by atoms with Crippen molar-refractivity contribution < 1.29 is 50.0 Å². The Labute approximate surface area is 177 Å². The van der Waals surface area contributed by atoms with Gasteiger partial charge in [-0.2, -0.15) is 0 Å². The summed E-state index contributed by atoms with van der Waals surface area (Å²) in [4.78, 5) is 12.3. The summed E-state index contributed by atoms with van der Waals surface area (Å²) in [5.74, 6) is -1.59. The van der Waals surface area contributed by atoms with E-state index in [2.05, 4.69) is 0 Å². The molecular formula is C21H24O10. The first kappa shape index (κ1) is 22.8. The largest absolute Gasteiger partial charge is 0.508 e. The second kappa shape index (κ2) is 9.50. The van der Waals surface area contributed by atoms with Crippen molar-refractivity contribution in [3.8, 4) is 23.0 Å². The Kier molecular flexibility index (Phi) is 6.98. The molecule has 10 heteroatoms. The van der Waals surface area contributed by atoms with Crippen molar-refractivity contribution in [3.05, 3.63) is 47.5 Å². The van der Waals surface area contributed by atoms with Crippen LogP contribution in [0.5, 0.6) is 23.0 Å². The molecule has 2 aromatic rings. The number of aromatic hydroxyl groups is 3. The Bertz CT molecular complexity index is 888. The number of carbonyl (C=O) groups excluding carboxylic acids is 1. The quantitative estimate of drug-likeness (QED) is 0.288. The number of phenols is 3. The lowest BCUT2D eigenvalue weighted by Gasteiger charge is -2.39. The maximum Gasteiger partial charge on any atom is 0.229 e. The average molecular weight is 436 g/mol. The van der Waals surface area contributed by atoms with Crippen LogP contribution >= 0.6 is 0 Å². The molecule has 1 saturated heterocycles. The third kappa shape index (κ3) is 5.06. The van der Waals surface area contributed by atoms with Gasteiger partial charge in [-0.3, -0.25) is 4.79 Å². The third-order valence-electron chi connectivity index (χ3n) is 5.03. The summed E-state index contributed by atoms with van der Waals surface area (Å²) >= 11 is 0. The van der Waals surface area contributed by atoms with Crippen LogP contribution in [0.2, 0.25) is 0 Å². The minimum atomic E-state index is -1.55. The van der Waals surface area contributed by atoms with Crippen LogP contribution in [0.4, 0.5) is 0 Å². The number of rotatable bonds is 7. The standard InChI is InChI=1S/C21H24O10/c22-9-16-18(27)19(28)20(29)21(31-16)30-12-4-1-10(2-5-12)3-6-13(24)17-14(25)7-11(23)8-15(17)26/h1-2,4-5,7-8,16,18-23,25-29H,3,6,9H2/t16-,18-,19+,20-,21-/m1/s1. The fraction of sp³-hybridized carbons (Fsp3) is 0.381. The van der Waals surface area contributed by atoms with E-state index in [4.69, 9.17) is 9.47 Å². The summed E-state index contributed by atoms with van der Waals surface area (Å²) < 4.78 is 10.8. The first-order chi connectivity index (χ1) is 14.7. The smallest absolute Gasteiger partial charge is 0.229 e. The maximum atomic E-state index is 12.3. The van der Waals surface area contributed by atoms with Crippen LogP contribution in [0.25, 0.3) is 0 Å². The molecule has 0 unspecified atom stereocenters. The van der Waals surface area contributed by atoms with Crippen molar-refractivity contribution in [2.24, 2.45) is 0 Å². The molecule has 7 N–H and O–H groups in total. The molecule has 0 amide bonds. The topological polar surface area (TPSA) is 177 Å². The summed E-state index contributed by atoms with van der Waals surface area (Å²) in [6.45, 7) is -0.566. The molecule has 5 atom stereocenters. The number of aliphatic hydroxyl groups excluding tert-OH is 4. The molecule has 0 spiro atoms. The number of hydrogen-bond acceptors (Lipinski definition) is 10. The van der Waals surface area contributed by atoms with E-state index in [0.29, 0.717) is 6.42 Å². The number of carbonyl (C=O) groups is 1. The zero-order valence-electron chi connectivity index (χ0n) is 16.3. The second-order valence-corrected chi connectivity index (χ2v) is 7.24. The van der Waals surface area contributed by atoms with Gasteiger partial charge in [0.1, 0.15) is 53.0 Å². The van der Waals surface area contributed by atoms with Gasteiger partial charge in [-0.15, -0.1) is 0 Å². The van der Waals surface area contributed by atoms with Crippen molar-refractivity contribution >= 4 is 5.78 Å². The van der Waals surface area contributed by atoms with Gasteiger partial charge < -0.3 is 45.2 Å². The number of aryl methyl sites for hydroxylation is 1. The van der Waals surface area contributed by atoms with Gasteiger partial charge in [-0.1, -0.05) is 12.1 Å². The van der Waals surface area contributed by atoms with Gasteiger partial charge in [0.25, 0.3) is 0 Å². The van der Waals surface area contributed by atoms with Crippen molar-refractivity contribution in [3.63, 3.8) is 0 Å². The van der Waals surface area contributed by atoms with Crippen LogP contribution in [-0.4, -0.2) is 78.8 Å². The van der Waals surface area contributed by atoms with E-state index in [1.165, 1.54) is 0 Å². The van der Waals surface area contributed by atoms with Crippen LogP contribution in [0.1, 0.15) is 22.3 Å².